The van der Waals surface area contributed by atoms with Crippen LogP contribution in [0.1, 0.15) is 30.3 Å². The maximum Gasteiger partial charge on any atom is 0.226 e. The molecule has 0 radical (unpaired) electrons. The highest BCUT2D eigenvalue weighted by molar-refractivity contribution is 7.15. The number of aryl methyl sites for hydroxylation is 2. The minimum Gasteiger partial charge on any atom is -0.301 e. The summed E-state index contributed by atoms with van der Waals surface area (Å²) in [6.07, 6.45) is 6.54. The monoisotopic (exact) mass is 276 g/mol. The molecule has 0 unspecified atom stereocenters. The topological polar surface area (TPSA) is 67.8 Å². The number of hydrogen-bond acceptors (Lipinski definition) is 5. The number of rotatable bonds is 6. The van der Waals surface area contributed by atoms with Gasteiger partial charge >= 0.3 is 0 Å². The molecule has 2 aromatic heterocycles. The van der Waals surface area contributed by atoms with Gasteiger partial charge in [0.1, 0.15) is 5.01 Å². The Labute approximate surface area is 116 Å². The Kier molecular flexibility index (Phi) is 4.97. The Morgan fingerprint density at radius 1 is 1.37 bits per heavy atom. The maximum absolute atomic E-state index is 11.8. The molecule has 0 aliphatic heterocycles. The van der Waals surface area contributed by atoms with Crippen LogP contribution in [-0.2, 0) is 17.6 Å². The van der Waals surface area contributed by atoms with E-state index in [2.05, 4.69) is 27.4 Å². The second-order valence-corrected chi connectivity index (χ2v) is 5.22. The number of carbonyl (C=O) groups excluding carboxylic acids is 1. The van der Waals surface area contributed by atoms with Crippen molar-refractivity contribution in [2.75, 3.05) is 5.32 Å². The Balaban J connectivity index is 1.80. The number of aromatic nitrogens is 3. The van der Waals surface area contributed by atoms with Crippen molar-refractivity contribution >= 4 is 22.4 Å². The number of amides is 1. The number of nitrogens with zero attached hydrogens (tertiary/aromatic N) is 3. The fourth-order valence-electron chi connectivity index (χ4n) is 1.60. The van der Waals surface area contributed by atoms with E-state index in [1.807, 2.05) is 12.1 Å². The lowest BCUT2D eigenvalue weighted by atomic mass is 10.1. The van der Waals surface area contributed by atoms with Gasteiger partial charge in [0, 0.05) is 25.2 Å². The molecule has 0 atom stereocenters. The molecule has 1 N–H and O–H groups in total. The molecule has 0 saturated heterocycles. The zero-order chi connectivity index (χ0) is 13.5. The Morgan fingerprint density at radius 2 is 2.26 bits per heavy atom. The highest BCUT2D eigenvalue weighted by Gasteiger charge is 2.07. The molecule has 0 saturated carbocycles. The van der Waals surface area contributed by atoms with Crippen molar-refractivity contribution < 1.29 is 4.79 Å². The van der Waals surface area contributed by atoms with E-state index in [-0.39, 0.29) is 5.91 Å². The third kappa shape index (κ3) is 4.40. The first-order valence-electron chi connectivity index (χ1n) is 6.29. The van der Waals surface area contributed by atoms with E-state index in [0.717, 1.165) is 23.4 Å². The molecule has 100 valence electrons. The van der Waals surface area contributed by atoms with Crippen LogP contribution in [0.5, 0.6) is 0 Å². The van der Waals surface area contributed by atoms with Gasteiger partial charge in [-0.3, -0.25) is 9.78 Å². The van der Waals surface area contributed by atoms with Crippen molar-refractivity contribution in [3.8, 4) is 0 Å². The predicted octanol–water partition coefficient (Wildman–Crippen LogP) is 2.46. The van der Waals surface area contributed by atoms with Gasteiger partial charge in [-0.05, 0) is 24.5 Å². The lowest BCUT2D eigenvalue weighted by molar-refractivity contribution is -0.116. The van der Waals surface area contributed by atoms with Gasteiger partial charge in [-0.2, -0.15) is 0 Å². The predicted molar refractivity (Wildman–Crippen MR) is 75.1 cm³/mol. The van der Waals surface area contributed by atoms with Gasteiger partial charge in [0.25, 0.3) is 0 Å². The van der Waals surface area contributed by atoms with Gasteiger partial charge in [-0.1, -0.05) is 24.3 Å². The van der Waals surface area contributed by atoms with Gasteiger partial charge < -0.3 is 5.32 Å². The third-order valence-electron chi connectivity index (χ3n) is 2.54. The highest BCUT2D eigenvalue weighted by atomic mass is 32.1. The van der Waals surface area contributed by atoms with Gasteiger partial charge in [0.15, 0.2) is 0 Å². The summed E-state index contributed by atoms with van der Waals surface area (Å²) in [4.78, 5) is 15.8. The minimum absolute atomic E-state index is 0.0388. The largest absolute Gasteiger partial charge is 0.301 e. The second kappa shape index (κ2) is 6.94. The van der Waals surface area contributed by atoms with Gasteiger partial charge in [-0.15, -0.1) is 10.2 Å². The van der Waals surface area contributed by atoms with Crippen LogP contribution in [0, 0.1) is 0 Å². The van der Waals surface area contributed by atoms with Crippen LogP contribution in [0.2, 0.25) is 0 Å². The molecule has 0 aromatic carbocycles. The summed E-state index contributed by atoms with van der Waals surface area (Å²) >= 11 is 1.44. The van der Waals surface area contributed by atoms with E-state index in [1.165, 1.54) is 11.3 Å². The van der Waals surface area contributed by atoms with E-state index in [0.29, 0.717) is 18.0 Å². The molecule has 19 heavy (non-hydrogen) atoms. The van der Waals surface area contributed by atoms with Crippen molar-refractivity contribution in [3.05, 3.63) is 35.1 Å². The summed E-state index contributed by atoms with van der Waals surface area (Å²) in [6, 6.07) is 3.83. The quantitative estimate of drug-likeness (QED) is 0.880. The van der Waals surface area contributed by atoms with E-state index >= 15 is 0 Å². The fourth-order valence-corrected chi connectivity index (χ4v) is 2.46. The standard InChI is InChI=1S/C13H16N4OS/c1-2-4-12-16-17-13(19-12)15-11(18)7-6-10-5-3-8-14-9-10/h3,5,8-9H,2,4,6-7H2,1H3,(H,15,17,18). The lowest BCUT2D eigenvalue weighted by Gasteiger charge is -2.01. The Bertz CT molecular complexity index is 526. The molecule has 0 spiro atoms. The summed E-state index contributed by atoms with van der Waals surface area (Å²) in [5.74, 6) is -0.0388. The molecule has 2 aromatic rings. The zero-order valence-electron chi connectivity index (χ0n) is 10.8. The molecule has 0 bridgehead atoms. The first-order valence-corrected chi connectivity index (χ1v) is 7.10. The summed E-state index contributed by atoms with van der Waals surface area (Å²) in [7, 11) is 0. The van der Waals surface area contributed by atoms with Crippen molar-refractivity contribution in [3.63, 3.8) is 0 Å². The molecule has 5 nitrogen and oxygen atoms in total. The number of pyridine rings is 1. The van der Waals surface area contributed by atoms with Crippen molar-refractivity contribution in [2.24, 2.45) is 0 Å². The molecule has 0 aliphatic carbocycles. The molecule has 6 heteroatoms. The average molecular weight is 276 g/mol. The van der Waals surface area contributed by atoms with Crippen LogP contribution in [0.4, 0.5) is 5.13 Å². The maximum atomic E-state index is 11.8. The first-order chi connectivity index (χ1) is 9.28. The van der Waals surface area contributed by atoms with Crippen LogP contribution in [0.15, 0.2) is 24.5 Å². The van der Waals surface area contributed by atoms with Crippen LogP contribution >= 0.6 is 11.3 Å². The summed E-state index contributed by atoms with van der Waals surface area (Å²) in [5, 5.41) is 12.3. The number of carbonyl (C=O) groups is 1. The summed E-state index contributed by atoms with van der Waals surface area (Å²) in [6.45, 7) is 2.09. The Morgan fingerprint density at radius 3 is 3.00 bits per heavy atom. The second-order valence-electron chi connectivity index (χ2n) is 4.16. The van der Waals surface area contributed by atoms with Crippen LogP contribution in [0.25, 0.3) is 0 Å². The van der Waals surface area contributed by atoms with Crippen LogP contribution in [-0.4, -0.2) is 21.1 Å². The molecule has 1 amide bonds. The minimum atomic E-state index is -0.0388. The van der Waals surface area contributed by atoms with Crippen LogP contribution < -0.4 is 5.32 Å². The fraction of sp³-hybridized carbons (Fsp3) is 0.385. The van der Waals surface area contributed by atoms with Gasteiger partial charge in [0.2, 0.25) is 11.0 Å². The van der Waals surface area contributed by atoms with Crippen LogP contribution in [0.3, 0.4) is 0 Å². The van der Waals surface area contributed by atoms with E-state index in [4.69, 9.17) is 0 Å². The molecule has 2 rings (SSSR count). The summed E-state index contributed by atoms with van der Waals surface area (Å²) in [5.41, 5.74) is 1.06. The first kappa shape index (κ1) is 13.6. The number of hydrogen-bond donors (Lipinski definition) is 1. The number of anilines is 1. The van der Waals surface area contributed by atoms with Crippen molar-refractivity contribution in [2.45, 2.75) is 32.6 Å². The van der Waals surface area contributed by atoms with Crippen molar-refractivity contribution in [1.29, 1.82) is 0 Å². The third-order valence-corrected chi connectivity index (χ3v) is 3.44. The zero-order valence-corrected chi connectivity index (χ0v) is 11.6. The summed E-state index contributed by atoms with van der Waals surface area (Å²) < 4.78 is 0. The van der Waals surface area contributed by atoms with E-state index < -0.39 is 0 Å². The van der Waals surface area contributed by atoms with E-state index in [9.17, 15) is 4.79 Å². The van der Waals surface area contributed by atoms with Gasteiger partial charge in [0.05, 0.1) is 0 Å². The van der Waals surface area contributed by atoms with E-state index in [1.54, 1.807) is 12.4 Å². The lowest BCUT2D eigenvalue weighted by Crippen LogP contribution is -2.12. The molecular formula is C13H16N4OS. The SMILES string of the molecule is CCCc1nnc(NC(=O)CCc2cccnc2)s1. The molecule has 0 aliphatic rings. The molecular weight excluding hydrogens is 260 g/mol. The molecule has 0 fully saturated rings. The average Bonchev–Trinajstić information content (AvgIpc) is 2.85. The number of nitrogens with one attached hydrogen (secondary N) is 1. The van der Waals surface area contributed by atoms with Crippen molar-refractivity contribution in [1.82, 2.24) is 15.2 Å². The highest BCUT2D eigenvalue weighted by Crippen LogP contribution is 2.16. The molecule has 2 heterocycles. The van der Waals surface area contributed by atoms with Gasteiger partial charge in [-0.25, -0.2) is 0 Å². The normalized spacial score (nSPS) is 10.4. The Hall–Kier alpha value is -1.82. The smallest absolute Gasteiger partial charge is 0.226 e.